The second-order valence-electron chi connectivity index (χ2n) is 8.88. The normalized spacial score (nSPS) is 12.8. The van der Waals surface area contributed by atoms with E-state index >= 15 is 4.39 Å². The first-order valence-electron chi connectivity index (χ1n) is 11.6. The molecule has 0 aromatic heterocycles. The summed E-state index contributed by atoms with van der Waals surface area (Å²) in [5.74, 6) is -7.59. The Morgan fingerprint density at radius 2 is 1.40 bits per heavy atom. The number of ether oxygens (including phenoxy) is 1. The van der Waals surface area contributed by atoms with Crippen molar-refractivity contribution in [3.63, 3.8) is 0 Å². The van der Waals surface area contributed by atoms with Crippen LogP contribution in [0.2, 0.25) is 0 Å². The van der Waals surface area contributed by atoms with Crippen molar-refractivity contribution in [2.75, 3.05) is 5.32 Å². The number of benzene rings is 3. The van der Waals surface area contributed by atoms with Gasteiger partial charge >= 0.3 is 30.8 Å². The average molecular weight is 732 g/mol. The molecular weight excluding hydrogens is 720 g/mol. The molecule has 3 aromatic rings. The Kier molecular flexibility index (Phi) is 9.86. The lowest BCUT2D eigenvalue weighted by Gasteiger charge is -2.31. The minimum absolute atomic E-state index is 0.0987. The number of hydrogen-bond acceptors (Lipinski definition) is 3. The van der Waals surface area contributed by atoms with Gasteiger partial charge in [0.1, 0.15) is 11.6 Å². The second kappa shape index (κ2) is 12.5. The molecule has 0 atom stereocenters. The van der Waals surface area contributed by atoms with E-state index in [1.165, 1.54) is 0 Å². The molecule has 45 heavy (non-hydrogen) atoms. The number of alkyl halides is 12. The maximum Gasteiger partial charge on any atom is 0.435 e. The van der Waals surface area contributed by atoms with Gasteiger partial charge in [-0.1, -0.05) is 22.0 Å². The van der Waals surface area contributed by atoms with Crippen LogP contribution in [0.3, 0.4) is 0 Å². The van der Waals surface area contributed by atoms with E-state index in [-0.39, 0.29) is 18.2 Å². The molecule has 4 nitrogen and oxygen atoms in total. The van der Waals surface area contributed by atoms with Crippen molar-refractivity contribution < 1.29 is 75.8 Å². The van der Waals surface area contributed by atoms with Crippen LogP contribution in [0.4, 0.5) is 67.2 Å². The third kappa shape index (κ3) is 7.33. The predicted molar refractivity (Wildman–Crippen MR) is 129 cm³/mol. The fraction of sp³-hybridized carbons (Fsp3) is 0.231. The molecule has 19 heteroatoms. The smallest absolute Gasteiger partial charge is 0.434 e. The van der Waals surface area contributed by atoms with Gasteiger partial charge in [0.2, 0.25) is 0 Å². The molecule has 0 radical (unpaired) electrons. The van der Waals surface area contributed by atoms with Crippen molar-refractivity contribution in [1.29, 1.82) is 0 Å². The van der Waals surface area contributed by atoms with Gasteiger partial charge in [-0.15, -0.1) is 0 Å². The second-order valence-corrected chi connectivity index (χ2v) is 9.74. The third-order valence-electron chi connectivity index (χ3n) is 5.97. The monoisotopic (exact) mass is 731 g/mol. The van der Waals surface area contributed by atoms with E-state index in [4.69, 9.17) is 0 Å². The number of hydrogen-bond donors (Lipinski definition) is 1. The summed E-state index contributed by atoms with van der Waals surface area (Å²) in [6.07, 6.45) is -19.6. The van der Waals surface area contributed by atoms with Gasteiger partial charge in [-0.25, -0.2) is 13.2 Å². The minimum atomic E-state index is -6.64. The van der Waals surface area contributed by atoms with Crippen molar-refractivity contribution in [3.05, 3.63) is 92.5 Å². The molecule has 244 valence electrons. The van der Waals surface area contributed by atoms with Crippen LogP contribution >= 0.6 is 15.9 Å². The topological polar surface area (TPSA) is 55.4 Å². The van der Waals surface area contributed by atoms with E-state index in [9.17, 15) is 66.7 Å². The van der Waals surface area contributed by atoms with Gasteiger partial charge < -0.3 is 10.1 Å². The molecule has 3 aromatic carbocycles. The number of nitrogens with one attached hydrogen (secondary N) is 1. The molecule has 0 saturated carbocycles. The molecule has 0 aliphatic carbocycles. The summed E-state index contributed by atoms with van der Waals surface area (Å²) < 4.78 is 191. The van der Waals surface area contributed by atoms with Crippen molar-refractivity contribution >= 4 is 33.3 Å². The Morgan fingerprint density at radius 3 is 1.93 bits per heavy atom. The van der Waals surface area contributed by atoms with Crippen LogP contribution in [0, 0.1) is 11.6 Å². The maximum absolute atomic E-state index is 15.2. The van der Waals surface area contributed by atoms with E-state index < -0.39 is 104 Å². The molecule has 0 bridgehead atoms. The van der Waals surface area contributed by atoms with E-state index in [1.807, 2.05) is 0 Å². The fourth-order valence-electron chi connectivity index (χ4n) is 3.84. The highest BCUT2D eigenvalue weighted by Gasteiger charge is 2.73. The van der Waals surface area contributed by atoms with Crippen LogP contribution in [0.25, 0.3) is 0 Å². The number of carbonyl (C=O) groups is 2. The fourth-order valence-corrected chi connectivity index (χ4v) is 4.42. The van der Waals surface area contributed by atoms with Gasteiger partial charge in [-0.3, -0.25) is 9.59 Å². The Balaban J connectivity index is 2.01. The van der Waals surface area contributed by atoms with Gasteiger partial charge in [0.25, 0.3) is 5.91 Å². The summed E-state index contributed by atoms with van der Waals surface area (Å²) in [5, 5.41) is 1.74. The number of amides is 1. The standard InChI is InChI=1S/C26H12BrF14NO3/c27-15-7-11(23(32,25(36,37)38)26(39,40)41)8-19(45-22(30)31)13(15)9-18(43)12-2-1-3-17(20(12)29)42-21(44)14-6-10(24(33,34)35)4-5-16(14)28/h1-8,22H,9H2,(H,42,44). The quantitative estimate of drug-likeness (QED) is 0.186. The summed E-state index contributed by atoms with van der Waals surface area (Å²) in [7, 11) is 0. The zero-order valence-electron chi connectivity index (χ0n) is 21.3. The molecule has 0 saturated heterocycles. The Morgan fingerprint density at radius 1 is 0.800 bits per heavy atom. The average Bonchev–Trinajstić information content (AvgIpc) is 2.88. The van der Waals surface area contributed by atoms with Gasteiger partial charge in [0.15, 0.2) is 11.6 Å². The van der Waals surface area contributed by atoms with Crippen LogP contribution < -0.4 is 10.1 Å². The lowest BCUT2D eigenvalue weighted by molar-refractivity contribution is -0.348. The molecule has 0 aliphatic heterocycles. The summed E-state index contributed by atoms with van der Waals surface area (Å²) >= 11 is 2.49. The molecule has 1 amide bonds. The molecule has 0 heterocycles. The summed E-state index contributed by atoms with van der Waals surface area (Å²) in [6, 6.07) is 2.69. The van der Waals surface area contributed by atoms with E-state index in [1.54, 1.807) is 5.32 Å². The summed E-state index contributed by atoms with van der Waals surface area (Å²) in [4.78, 5) is 25.3. The molecule has 0 unspecified atom stereocenters. The molecular formula is C26H12BrF14NO3. The van der Waals surface area contributed by atoms with Crippen LogP contribution in [-0.2, 0) is 18.3 Å². The number of anilines is 1. The molecule has 0 aliphatic rings. The van der Waals surface area contributed by atoms with E-state index in [0.29, 0.717) is 12.1 Å². The van der Waals surface area contributed by atoms with Crippen molar-refractivity contribution in [2.45, 2.75) is 37.2 Å². The van der Waals surface area contributed by atoms with Crippen molar-refractivity contribution in [2.24, 2.45) is 0 Å². The Labute approximate surface area is 250 Å². The highest BCUT2D eigenvalue weighted by molar-refractivity contribution is 9.10. The van der Waals surface area contributed by atoms with Gasteiger partial charge in [0, 0.05) is 22.0 Å². The molecule has 0 fully saturated rings. The van der Waals surface area contributed by atoms with Gasteiger partial charge in [0.05, 0.1) is 22.4 Å². The number of Topliss-reactive ketones (excluding diaryl/α,β-unsaturated/α-hetero) is 1. The van der Waals surface area contributed by atoms with E-state index in [2.05, 4.69) is 20.7 Å². The van der Waals surface area contributed by atoms with Crippen LogP contribution in [0.1, 0.15) is 37.4 Å². The van der Waals surface area contributed by atoms with Crippen molar-refractivity contribution in [1.82, 2.24) is 0 Å². The lowest BCUT2D eigenvalue weighted by atomic mass is 9.91. The summed E-state index contributed by atoms with van der Waals surface area (Å²) in [5.41, 5.74) is -13.7. The van der Waals surface area contributed by atoms with Gasteiger partial charge in [-0.2, -0.15) is 48.3 Å². The lowest BCUT2D eigenvalue weighted by Crippen LogP contribution is -2.50. The first-order valence-corrected chi connectivity index (χ1v) is 12.4. The van der Waals surface area contributed by atoms with Crippen LogP contribution in [-0.4, -0.2) is 30.7 Å². The molecule has 3 rings (SSSR count). The SMILES string of the molecule is O=C(Nc1cccc(C(=O)Cc2c(Br)cc(C(F)(C(F)(F)F)C(F)(F)F)cc2OC(F)F)c1F)c1cc(C(F)(F)F)ccc1F. The van der Waals surface area contributed by atoms with E-state index in [0.717, 1.165) is 18.2 Å². The number of rotatable bonds is 8. The van der Waals surface area contributed by atoms with Crippen LogP contribution in [0.15, 0.2) is 53.0 Å². The third-order valence-corrected chi connectivity index (χ3v) is 6.68. The maximum atomic E-state index is 15.2. The molecule has 1 N–H and O–H groups in total. The number of ketones is 1. The van der Waals surface area contributed by atoms with Crippen LogP contribution in [0.5, 0.6) is 5.75 Å². The van der Waals surface area contributed by atoms with Crippen molar-refractivity contribution in [3.8, 4) is 5.75 Å². The first kappa shape index (κ1) is 35.6. The highest BCUT2D eigenvalue weighted by atomic mass is 79.9. The number of halogens is 15. The predicted octanol–water partition coefficient (Wildman–Crippen LogP) is 9.31. The largest absolute Gasteiger partial charge is 0.435 e. The first-order chi connectivity index (χ1) is 20.5. The molecule has 0 spiro atoms. The summed E-state index contributed by atoms with van der Waals surface area (Å²) in [6.45, 7) is -3.92. The van der Waals surface area contributed by atoms with Gasteiger partial charge in [-0.05, 0) is 42.5 Å². The Bertz CT molecular complexity index is 1600. The zero-order chi connectivity index (χ0) is 34.3. The highest BCUT2D eigenvalue weighted by Crippen LogP contribution is 2.54. The zero-order valence-corrected chi connectivity index (χ0v) is 22.9. The minimum Gasteiger partial charge on any atom is -0.434 e. The Hall–Kier alpha value is -3.90. The number of carbonyl (C=O) groups excluding carboxylic acids is 2.